The molecule has 0 fully saturated rings. The van der Waals surface area contributed by atoms with E-state index in [1.807, 2.05) is 31.2 Å². The van der Waals surface area contributed by atoms with Gasteiger partial charge in [-0.05, 0) is 28.2 Å². The molecule has 5 rings (SSSR count). The Bertz CT molecular complexity index is 1110. The zero-order valence-corrected chi connectivity index (χ0v) is 16.5. The monoisotopic (exact) mass is 403 g/mol. The van der Waals surface area contributed by atoms with Crippen LogP contribution in [0, 0.1) is 5.92 Å². The van der Waals surface area contributed by atoms with Crippen LogP contribution in [0.4, 0.5) is 10.6 Å². The van der Waals surface area contributed by atoms with Gasteiger partial charge in [-0.1, -0.05) is 55.5 Å². The number of carboxylic acid groups (broad SMARTS) is 1. The molecule has 30 heavy (non-hydrogen) atoms. The molecule has 1 N–H and O–H groups in total. The first kappa shape index (κ1) is 18.4. The maximum absolute atomic E-state index is 13.0. The summed E-state index contributed by atoms with van der Waals surface area (Å²) < 4.78 is 7.31. The number of fused-ring (bicyclic) bond motifs is 4. The Morgan fingerprint density at radius 1 is 1.07 bits per heavy atom. The number of carboxylic acids is 1. The van der Waals surface area contributed by atoms with Crippen molar-refractivity contribution in [2.24, 2.45) is 5.92 Å². The Morgan fingerprint density at radius 3 is 2.33 bits per heavy atom. The maximum Gasteiger partial charge on any atom is 0.415 e. The molecule has 0 spiro atoms. The summed E-state index contributed by atoms with van der Waals surface area (Å²) in [6.07, 6.45) is 0.743. The minimum atomic E-state index is -1.11. The Labute approximate surface area is 173 Å². The van der Waals surface area contributed by atoms with E-state index in [0.717, 1.165) is 22.3 Å². The minimum Gasteiger partial charge on any atom is -0.477 e. The number of rotatable bonds is 3. The number of anilines is 1. The first-order valence-corrected chi connectivity index (χ1v) is 9.96. The Hall–Kier alpha value is -3.61. The van der Waals surface area contributed by atoms with Gasteiger partial charge in [0.1, 0.15) is 12.2 Å². The standard InChI is InChI=1S/C23H21N3O4/c1-14-11-25(21-19(22(27)28)10-24-26(21)12-14)23(29)30-13-20-17-8-4-2-6-15(17)16-7-3-5-9-18(16)20/h2-10,14,20H,11-13H2,1H3,(H,27,28). The SMILES string of the molecule is CC1CN(C(=O)OCC2c3ccccc3-c3ccccc32)c2c(C(=O)O)cnn2C1. The maximum atomic E-state index is 13.0. The molecule has 0 bridgehead atoms. The first-order chi connectivity index (χ1) is 14.5. The highest BCUT2D eigenvalue weighted by Crippen LogP contribution is 2.44. The molecule has 1 amide bonds. The number of nitrogens with zero attached hydrogens (tertiary/aromatic N) is 3. The molecule has 2 heterocycles. The van der Waals surface area contributed by atoms with Crippen molar-refractivity contribution in [3.05, 3.63) is 71.4 Å². The van der Waals surface area contributed by atoms with Crippen molar-refractivity contribution in [2.75, 3.05) is 18.1 Å². The lowest BCUT2D eigenvalue weighted by atomic mass is 9.98. The smallest absolute Gasteiger partial charge is 0.415 e. The van der Waals surface area contributed by atoms with Gasteiger partial charge in [0.05, 0.1) is 6.20 Å². The summed E-state index contributed by atoms with van der Waals surface area (Å²) in [4.78, 5) is 26.0. The summed E-state index contributed by atoms with van der Waals surface area (Å²) in [6.45, 7) is 3.14. The molecular weight excluding hydrogens is 382 g/mol. The topological polar surface area (TPSA) is 84.7 Å². The number of carbonyl (C=O) groups is 2. The van der Waals surface area contributed by atoms with Crippen LogP contribution < -0.4 is 4.90 Å². The van der Waals surface area contributed by atoms with E-state index in [9.17, 15) is 14.7 Å². The predicted molar refractivity (Wildman–Crippen MR) is 111 cm³/mol. The molecule has 0 saturated carbocycles. The van der Waals surface area contributed by atoms with Crippen molar-refractivity contribution >= 4 is 17.9 Å². The Morgan fingerprint density at radius 2 is 1.70 bits per heavy atom. The van der Waals surface area contributed by atoms with Crippen molar-refractivity contribution in [2.45, 2.75) is 19.4 Å². The molecule has 0 saturated heterocycles. The summed E-state index contributed by atoms with van der Waals surface area (Å²) in [5.41, 5.74) is 4.60. The van der Waals surface area contributed by atoms with Crippen LogP contribution in [-0.2, 0) is 11.3 Å². The second-order valence-corrected chi connectivity index (χ2v) is 7.89. The van der Waals surface area contributed by atoms with Gasteiger partial charge in [0.15, 0.2) is 5.82 Å². The summed E-state index contributed by atoms with van der Waals surface area (Å²) >= 11 is 0. The molecule has 1 aliphatic heterocycles. The van der Waals surface area contributed by atoms with E-state index in [1.165, 1.54) is 11.1 Å². The highest BCUT2D eigenvalue weighted by atomic mass is 16.6. The van der Waals surface area contributed by atoms with Gasteiger partial charge < -0.3 is 9.84 Å². The molecule has 1 unspecified atom stereocenters. The molecule has 3 aromatic rings. The van der Waals surface area contributed by atoms with Crippen LogP contribution in [-0.4, -0.2) is 40.1 Å². The van der Waals surface area contributed by atoms with E-state index in [4.69, 9.17) is 4.74 Å². The van der Waals surface area contributed by atoms with Gasteiger partial charge in [0.25, 0.3) is 0 Å². The molecule has 1 aliphatic carbocycles. The van der Waals surface area contributed by atoms with Crippen LogP contribution in [0.3, 0.4) is 0 Å². The van der Waals surface area contributed by atoms with Crippen LogP contribution in [0.15, 0.2) is 54.7 Å². The summed E-state index contributed by atoms with van der Waals surface area (Å²) in [6, 6.07) is 16.3. The van der Waals surface area contributed by atoms with E-state index in [-0.39, 0.29) is 29.8 Å². The number of amides is 1. The summed E-state index contributed by atoms with van der Waals surface area (Å²) in [7, 11) is 0. The lowest BCUT2D eigenvalue weighted by Crippen LogP contribution is -2.43. The molecule has 2 aromatic carbocycles. The highest BCUT2D eigenvalue weighted by molar-refractivity contribution is 5.99. The van der Waals surface area contributed by atoms with Crippen LogP contribution in [0.25, 0.3) is 11.1 Å². The van der Waals surface area contributed by atoms with Crippen LogP contribution in [0.2, 0.25) is 0 Å². The fourth-order valence-electron chi connectivity index (χ4n) is 4.53. The third-order valence-corrected chi connectivity index (χ3v) is 5.83. The number of carbonyl (C=O) groups excluding carboxylic acids is 1. The molecule has 1 atom stereocenters. The van der Waals surface area contributed by atoms with Gasteiger partial charge in [0.2, 0.25) is 0 Å². The number of benzene rings is 2. The zero-order chi connectivity index (χ0) is 20.8. The van der Waals surface area contributed by atoms with E-state index < -0.39 is 12.1 Å². The molecule has 2 aliphatic rings. The number of ether oxygens (including phenoxy) is 1. The van der Waals surface area contributed by atoms with Gasteiger partial charge >= 0.3 is 12.1 Å². The summed E-state index contributed by atoms with van der Waals surface area (Å²) in [5, 5.41) is 13.6. The second-order valence-electron chi connectivity index (χ2n) is 7.89. The quantitative estimate of drug-likeness (QED) is 0.715. The van der Waals surface area contributed by atoms with E-state index in [0.29, 0.717) is 13.1 Å². The zero-order valence-electron chi connectivity index (χ0n) is 16.5. The van der Waals surface area contributed by atoms with E-state index in [2.05, 4.69) is 29.4 Å². The molecule has 152 valence electrons. The largest absolute Gasteiger partial charge is 0.477 e. The molecule has 1 aromatic heterocycles. The number of aromatic carboxylic acids is 1. The van der Waals surface area contributed by atoms with Crippen molar-refractivity contribution in [1.29, 1.82) is 0 Å². The summed E-state index contributed by atoms with van der Waals surface area (Å²) in [5.74, 6) is -0.730. The van der Waals surface area contributed by atoms with Crippen LogP contribution in [0.5, 0.6) is 0 Å². The third kappa shape index (κ3) is 2.85. The van der Waals surface area contributed by atoms with Crippen LogP contribution >= 0.6 is 0 Å². The van der Waals surface area contributed by atoms with Gasteiger partial charge in [-0.2, -0.15) is 5.10 Å². The van der Waals surface area contributed by atoms with Gasteiger partial charge in [-0.15, -0.1) is 0 Å². The van der Waals surface area contributed by atoms with Gasteiger partial charge in [-0.3, -0.25) is 4.90 Å². The molecular formula is C23H21N3O4. The lowest BCUT2D eigenvalue weighted by Gasteiger charge is -2.31. The Balaban J connectivity index is 1.42. The third-order valence-electron chi connectivity index (χ3n) is 5.83. The van der Waals surface area contributed by atoms with Gasteiger partial charge in [-0.25, -0.2) is 14.3 Å². The number of aromatic nitrogens is 2. The van der Waals surface area contributed by atoms with Crippen molar-refractivity contribution < 1.29 is 19.4 Å². The average Bonchev–Trinajstić information content (AvgIpc) is 3.31. The number of hydrogen-bond donors (Lipinski definition) is 1. The fraction of sp³-hybridized carbons (Fsp3) is 0.261. The normalized spacial score (nSPS) is 17.2. The minimum absolute atomic E-state index is 0.00964. The lowest BCUT2D eigenvalue weighted by molar-refractivity contribution is 0.0697. The van der Waals surface area contributed by atoms with Crippen molar-refractivity contribution in [3.8, 4) is 11.1 Å². The molecule has 7 nitrogen and oxygen atoms in total. The van der Waals surface area contributed by atoms with Gasteiger partial charge in [0, 0.05) is 19.0 Å². The van der Waals surface area contributed by atoms with E-state index >= 15 is 0 Å². The second kappa shape index (κ2) is 7.02. The van der Waals surface area contributed by atoms with Crippen LogP contribution in [0.1, 0.15) is 34.3 Å². The Kier molecular flexibility index (Phi) is 4.31. The first-order valence-electron chi connectivity index (χ1n) is 9.96. The molecule has 0 radical (unpaired) electrons. The number of hydrogen-bond acceptors (Lipinski definition) is 4. The van der Waals surface area contributed by atoms with Crippen molar-refractivity contribution in [3.63, 3.8) is 0 Å². The fourth-order valence-corrected chi connectivity index (χ4v) is 4.53. The predicted octanol–water partition coefficient (Wildman–Crippen LogP) is 3.99. The van der Waals surface area contributed by atoms with E-state index in [1.54, 1.807) is 4.68 Å². The van der Waals surface area contributed by atoms with Crippen molar-refractivity contribution in [1.82, 2.24) is 9.78 Å². The highest BCUT2D eigenvalue weighted by Gasteiger charge is 2.35. The average molecular weight is 403 g/mol. The molecule has 7 heteroatoms.